The summed E-state index contributed by atoms with van der Waals surface area (Å²) in [5.41, 5.74) is 2.29. The molecule has 4 rings (SSSR count). The van der Waals surface area contributed by atoms with Gasteiger partial charge in [-0.2, -0.15) is 0 Å². The third kappa shape index (κ3) is 4.87. The van der Waals surface area contributed by atoms with E-state index >= 15 is 0 Å². The highest BCUT2D eigenvalue weighted by Gasteiger charge is 2.17. The van der Waals surface area contributed by atoms with Crippen molar-refractivity contribution in [1.29, 1.82) is 0 Å². The van der Waals surface area contributed by atoms with E-state index in [-0.39, 0.29) is 11.7 Å². The van der Waals surface area contributed by atoms with Crippen molar-refractivity contribution < 1.29 is 9.53 Å². The molecule has 0 spiro atoms. The van der Waals surface area contributed by atoms with E-state index in [0.29, 0.717) is 21.7 Å². The minimum atomic E-state index is -0.187. The lowest BCUT2D eigenvalue weighted by molar-refractivity contribution is -0.113. The Kier molecular flexibility index (Phi) is 6.49. The zero-order chi connectivity index (χ0) is 21.6. The van der Waals surface area contributed by atoms with E-state index in [4.69, 9.17) is 16.3 Å². The van der Waals surface area contributed by atoms with Crippen LogP contribution in [0.15, 0.2) is 78.2 Å². The number of amides is 1. The summed E-state index contributed by atoms with van der Waals surface area (Å²) >= 11 is 7.41. The van der Waals surface area contributed by atoms with Crippen molar-refractivity contribution in [1.82, 2.24) is 19.7 Å². The number of aromatic nitrogens is 4. The highest BCUT2D eigenvalue weighted by molar-refractivity contribution is 7.99. The summed E-state index contributed by atoms with van der Waals surface area (Å²) in [4.78, 5) is 16.5. The Balaban J connectivity index is 1.60. The number of ether oxygens (including phenoxy) is 1. The van der Waals surface area contributed by atoms with Gasteiger partial charge in [0.1, 0.15) is 5.75 Å². The normalized spacial score (nSPS) is 10.6. The highest BCUT2D eigenvalue weighted by Crippen LogP contribution is 2.29. The quantitative estimate of drug-likeness (QED) is 0.409. The molecule has 2 heterocycles. The van der Waals surface area contributed by atoms with E-state index in [1.807, 2.05) is 53.1 Å². The third-order valence-corrected chi connectivity index (χ3v) is 5.64. The van der Waals surface area contributed by atoms with Crippen LogP contribution in [0.2, 0.25) is 5.02 Å². The summed E-state index contributed by atoms with van der Waals surface area (Å²) in [6, 6.07) is 18.4. The van der Waals surface area contributed by atoms with Crippen molar-refractivity contribution in [3.05, 3.63) is 78.1 Å². The number of carbonyl (C=O) groups excluding carboxylic acids is 1. The number of hydrogen-bond acceptors (Lipinski definition) is 6. The molecule has 0 radical (unpaired) electrons. The largest absolute Gasteiger partial charge is 0.497 e. The van der Waals surface area contributed by atoms with E-state index < -0.39 is 0 Å². The second kappa shape index (κ2) is 9.63. The van der Waals surface area contributed by atoms with Crippen LogP contribution in [0.25, 0.3) is 17.1 Å². The van der Waals surface area contributed by atoms with Crippen LogP contribution < -0.4 is 10.1 Å². The van der Waals surface area contributed by atoms with Gasteiger partial charge in [0.2, 0.25) is 5.91 Å². The molecule has 0 aliphatic rings. The van der Waals surface area contributed by atoms with E-state index in [9.17, 15) is 4.79 Å². The van der Waals surface area contributed by atoms with Gasteiger partial charge in [0.15, 0.2) is 11.0 Å². The van der Waals surface area contributed by atoms with Crippen LogP contribution in [0.4, 0.5) is 5.69 Å². The van der Waals surface area contributed by atoms with Gasteiger partial charge in [-0.3, -0.25) is 14.3 Å². The monoisotopic (exact) mass is 451 g/mol. The number of pyridine rings is 1. The van der Waals surface area contributed by atoms with Crippen LogP contribution >= 0.6 is 23.4 Å². The Labute approximate surface area is 188 Å². The van der Waals surface area contributed by atoms with Gasteiger partial charge in [0.25, 0.3) is 0 Å². The van der Waals surface area contributed by atoms with Gasteiger partial charge in [-0.05, 0) is 48.5 Å². The molecule has 1 N–H and O–H groups in total. The lowest BCUT2D eigenvalue weighted by atomic mass is 10.2. The number of thioether (sulfide) groups is 1. The van der Waals surface area contributed by atoms with Crippen LogP contribution in [0, 0.1) is 0 Å². The van der Waals surface area contributed by atoms with Gasteiger partial charge in [0.05, 0.1) is 23.6 Å². The molecule has 0 aliphatic carbocycles. The van der Waals surface area contributed by atoms with Crippen molar-refractivity contribution in [2.45, 2.75) is 5.16 Å². The number of methoxy groups -OCH3 is 1. The maximum absolute atomic E-state index is 12.5. The summed E-state index contributed by atoms with van der Waals surface area (Å²) in [6.07, 6.45) is 3.40. The number of anilines is 1. The fourth-order valence-electron chi connectivity index (χ4n) is 2.89. The van der Waals surface area contributed by atoms with Crippen molar-refractivity contribution in [2.24, 2.45) is 0 Å². The fourth-order valence-corrected chi connectivity index (χ4v) is 3.83. The Morgan fingerprint density at radius 3 is 2.52 bits per heavy atom. The van der Waals surface area contributed by atoms with Crippen LogP contribution in [0.5, 0.6) is 5.75 Å². The highest BCUT2D eigenvalue weighted by atomic mass is 35.5. The average molecular weight is 452 g/mol. The first-order chi connectivity index (χ1) is 15.2. The van der Waals surface area contributed by atoms with E-state index in [2.05, 4.69) is 20.5 Å². The number of para-hydroxylation sites is 1. The van der Waals surface area contributed by atoms with Gasteiger partial charge < -0.3 is 10.1 Å². The predicted octanol–water partition coefficient (Wildman–Crippen LogP) is 4.72. The summed E-state index contributed by atoms with van der Waals surface area (Å²) in [6.45, 7) is 0. The Hall–Kier alpha value is -3.36. The van der Waals surface area contributed by atoms with Crippen LogP contribution in [0.1, 0.15) is 0 Å². The average Bonchev–Trinajstić information content (AvgIpc) is 3.24. The Bertz CT molecular complexity index is 1180. The SMILES string of the molecule is COc1ccc(-n2c(SCC(=O)Nc3ccccc3Cl)nnc2-c2ccncc2)cc1. The first kappa shape index (κ1) is 20.9. The number of halogens is 1. The molecule has 31 heavy (non-hydrogen) atoms. The lowest BCUT2D eigenvalue weighted by Gasteiger charge is -2.11. The van der Waals surface area contributed by atoms with Crippen molar-refractivity contribution in [2.75, 3.05) is 18.2 Å². The molecule has 0 saturated heterocycles. The lowest BCUT2D eigenvalue weighted by Crippen LogP contribution is -2.14. The van der Waals surface area contributed by atoms with Gasteiger partial charge in [-0.15, -0.1) is 10.2 Å². The molecular weight excluding hydrogens is 434 g/mol. The van der Waals surface area contributed by atoms with Gasteiger partial charge in [-0.25, -0.2) is 0 Å². The zero-order valence-corrected chi connectivity index (χ0v) is 18.1. The number of rotatable bonds is 7. The number of nitrogens with one attached hydrogen (secondary N) is 1. The molecule has 0 saturated carbocycles. The smallest absolute Gasteiger partial charge is 0.234 e. The van der Waals surface area contributed by atoms with Crippen molar-refractivity contribution in [3.63, 3.8) is 0 Å². The molecule has 156 valence electrons. The summed E-state index contributed by atoms with van der Waals surface area (Å²) in [7, 11) is 1.62. The van der Waals surface area contributed by atoms with Gasteiger partial charge in [-0.1, -0.05) is 35.5 Å². The topological polar surface area (TPSA) is 81.9 Å². The van der Waals surface area contributed by atoms with Gasteiger partial charge in [0, 0.05) is 23.6 Å². The fraction of sp³-hybridized carbons (Fsp3) is 0.0909. The van der Waals surface area contributed by atoms with Crippen LogP contribution in [0.3, 0.4) is 0 Å². The molecule has 0 atom stereocenters. The molecule has 2 aromatic carbocycles. The second-order valence-electron chi connectivity index (χ2n) is 6.39. The molecule has 0 aliphatic heterocycles. The molecular formula is C22H18ClN5O2S. The van der Waals surface area contributed by atoms with Crippen LogP contribution in [-0.2, 0) is 4.79 Å². The summed E-state index contributed by atoms with van der Waals surface area (Å²) in [5.74, 6) is 1.36. The molecule has 0 unspecified atom stereocenters. The maximum atomic E-state index is 12.5. The molecule has 9 heteroatoms. The number of hydrogen-bond donors (Lipinski definition) is 1. The maximum Gasteiger partial charge on any atom is 0.234 e. The number of benzene rings is 2. The molecule has 1 amide bonds. The first-order valence-corrected chi connectivity index (χ1v) is 10.7. The third-order valence-electron chi connectivity index (χ3n) is 4.38. The van der Waals surface area contributed by atoms with Crippen molar-refractivity contribution >= 4 is 35.0 Å². The molecule has 2 aromatic heterocycles. The van der Waals surface area contributed by atoms with Crippen LogP contribution in [-0.4, -0.2) is 38.5 Å². The predicted molar refractivity (Wildman–Crippen MR) is 122 cm³/mol. The van der Waals surface area contributed by atoms with E-state index in [0.717, 1.165) is 17.0 Å². The van der Waals surface area contributed by atoms with Gasteiger partial charge >= 0.3 is 0 Å². The second-order valence-corrected chi connectivity index (χ2v) is 7.74. The minimum Gasteiger partial charge on any atom is -0.497 e. The number of nitrogens with zero attached hydrogens (tertiary/aromatic N) is 4. The molecule has 0 fully saturated rings. The first-order valence-electron chi connectivity index (χ1n) is 9.33. The van der Waals surface area contributed by atoms with E-state index in [1.54, 1.807) is 31.6 Å². The molecule has 0 bridgehead atoms. The Morgan fingerprint density at radius 1 is 1.06 bits per heavy atom. The zero-order valence-electron chi connectivity index (χ0n) is 16.5. The summed E-state index contributed by atoms with van der Waals surface area (Å²) < 4.78 is 7.16. The number of carbonyl (C=O) groups is 1. The van der Waals surface area contributed by atoms with Crippen molar-refractivity contribution in [3.8, 4) is 22.8 Å². The minimum absolute atomic E-state index is 0.149. The van der Waals surface area contributed by atoms with E-state index in [1.165, 1.54) is 11.8 Å². The standard InChI is InChI=1S/C22H18ClN5O2S/c1-30-17-8-6-16(7-9-17)28-21(15-10-12-24-13-11-15)26-27-22(28)31-14-20(29)25-19-5-3-2-4-18(19)23/h2-13H,14H2,1H3,(H,25,29). The summed E-state index contributed by atoms with van der Waals surface area (Å²) in [5, 5.41) is 12.6. The molecule has 4 aromatic rings. The molecule has 7 nitrogen and oxygen atoms in total. The Morgan fingerprint density at radius 2 is 1.81 bits per heavy atom.